The Bertz CT molecular complexity index is 1130. The first-order valence-corrected chi connectivity index (χ1v) is 10.8. The highest BCUT2D eigenvalue weighted by Gasteiger charge is 2.32. The monoisotopic (exact) mass is 407 g/mol. The number of pyridine rings is 1. The molecule has 1 aliphatic heterocycles. The Morgan fingerprint density at radius 2 is 1.86 bits per heavy atom. The smallest absolute Gasteiger partial charge is 0.258 e. The van der Waals surface area contributed by atoms with Crippen molar-refractivity contribution in [2.75, 3.05) is 4.90 Å². The van der Waals surface area contributed by atoms with Crippen LogP contribution in [0, 0.1) is 0 Å². The predicted octanol–water partition coefficient (Wildman–Crippen LogP) is 3.15. The highest BCUT2D eigenvalue weighted by Crippen LogP contribution is 2.35. The highest BCUT2D eigenvalue weighted by atomic mass is 32.2. The molecule has 0 radical (unpaired) electrons. The van der Waals surface area contributed by atoms with Crippen molar-refractivity contribution >= 4 is 21.6 Å². The Hall–Kier alpha value is -3.03. The predicted molar refractivity (Wildman–Crippen MR) is 111 cm³/mol. The maximum absolute atomic E-state index is 12.9. The first kappa shape index (κ1) is 19.3. The molecule has 148 valence electrons. The summed E-state index contributed by atoms with van der Waals surface area (Å²) in [6, 6.07) is 19.3. The van der Waals surface area contributed by atoms with Crippen LogP contribution in [0.3, 0.4) is 0 Å². The van der Waals surface area contributed by atoms with Gasteiger partial charge in [-0.25, -0.2) is 13.1 Å². The minimum Gasteiger partial charge on any atom is -0.305 e. The molecule has 1 N–H and O–H groups in total. The maximum Gasteiger partial charge on any atom is 0.258 e. The standard InChI is InChI=1S/C22H21N3O3S/c1-16-13-18-14-20(29(27,28)24-15-19-9-5-6-12-23-19)10-11-21(18)25(16)22(26)17-7-3-2-4-8-17/h2-12,14,16,24H,13,15H2,1H3/t16-/m1/s1. The number of carbonyl (C=O) groups excluding carboxylic acids is 1. The molecule has 1 aliphatic rings. The van der Waals surface area contributed by atoms with Crippen LogP contribution in [-0.2, 0) is 23.0 Å². The van der Waals surface area contributed by atoms with Gasteiger partial charge in [0.25, 0.3) is 5.91 Å². The van der Waals surface area contributed by atoms with Crippen LogP contribution in [0.15, 0.2) is 77.8 Å². The summed E-state index contributed by atoms with van der Waals surface area (Å²) in [6.07, 6.45) is 2.23. The van der Waals surface area contributed by atoms with Gasteiger partial charge < -0.3 is 4.90 Å². The number of hydrogen-bond donors (Lipinski definition) is 1. The highest BCUT2D eigenvalue weighted by molar-refractivity contribution is 7.89. The van der Waals surface area contributed by atoms with Crippen LogP contribution >= 0.6 is 0 Å². The van der Waals surface area contributed by atoms with Gasteiger partial charge in [0.15, 0.2) is 0 Å². The molecule has 0 bridgehead atoms. The van der Waals surface area contributed by atoms with Crippen molar-refractivity contribution in [1.82, 2.24) is 9.71 Å². The summed E-state index contributed by atoms with van der Waals surface area (Å²) in [5.41, 5.74) is 2.86. The molecule has 0 unspecified atom stereocenters. The molecule has 0 saturated carbocycles. The molecule has 3 aromatic rings. The van der Waals surface area contributed by atoms with Gasteiger partial charge in [-0.3, -0.25) is 9.78 Å². The molecule has 4 rings (SSSR count). The summed E-state index contributed by atoms with van der Waals surface area (Å²) in [6.45, 7) is 2.09. The van der Waals surface area contributed by atoms with E-state index < -0.39 is 10.0 Å². The van der Waals surface area contributed by atoms with Gasteiger partial charge in [0.2, 0.25) is 10.0 Å². The van der Waals surface area contributed by atoms with E-state index in [1.165, 1.54) is 0 Å². The number of carbonyl (C=O) groups is 1. The molecule has 0 aliphatic carbocycles. The van der Waals surface area contributed by atoms with E-state index in [4.69, 9.17) is 0 Å². The third kappa shape index (κ3) is 3.92. The van der Waals surface area contributed by atoms with Gasteiger partial charge in [-0.1, -0.05) is 24.3 Å². The van der Waals surface area contributed by atoms with Gasteiger partial charge in [-0.15, -0.1) is 0 Å². The van der Waals surface area contributed by atoms with E-state index in [2.05, 4.69) is 9.71 Å². The minimum atomic E-state index is -3.68. The van der Waals surface area contributed by atoms with Gasteiger partial charge in [0.1, 0.15) is 0 Å². The summed E-state index contributed by atoms with van der Waals surface area (Å²) in [5.74, 6) is -0.0827. The molecule has 1 amide bonds. The lowest BCUT2D eigenvalue weighted by molar-refractivity contribution is 0.0981. The molecular formula is C22H21N3O3S. The summed E-state index contributed by atoms with van der Waals surface area (Å²) in [4.78, 5) is 19.0. The zero-order valence-corrected chi connectivity index (χ0v) is 16.8. The van der Waals surface area contributed by atoms with Gasteiger partial charge in [-0.05, 0) is 61.4 Å². The van der Waals surface area contributed by atoms with Crippen LogP contribution in [0.5, 0.6) is 0 Å². The average Bonchev–Trinajstić information content (AvgIpc) is 3.08. The Morgan fingerprint density at radius 1 is 1.10 bits per heavy atom. The van der Waals surface area contributed by atoms with Crippen molar-refractivity contribution < 1.29 is 13.2 Å². The number of fused-ring (bicyclic) bond motifs is 1. The van der Waals surface area contributed by atoms with E-state index in [0.717, 1.165) is 11.3 Å². The first-order chi connectivity index (χ1) is 14.0. The molecule has 0 saturated heterocycles. The van der Waals surface area contributed by atoms with Crippen LogP contribution in [-0.4, -0.2) is 25.4 Å². The van der Waals surface area contributed by atoms with Gasteiger partial charge in [0.05, 0.1) is 17.1 Å². The van der Waals surface area contributed by atoms with Crippen molar-refractivity contribution in [2.45, 2.75) is 30.8 Å². The number of sulfonamides is 1. The number of aromatic nitrogens is 1. The molecule has 2 heterocycles. The third-order valence-corrected chi connectivity index (χ3v) is 6.38. The number of nitrogens with zero attached hydrogens (tertiary/aromatic N) is 2. The quantitative estimate of drug-likeness (QED) is 0.705. The minimum absolute atomic E-state index is 0.0443. The normalized spacial score (nSPS) is 15.9. The van der Waals surface area contributed by atoms with E-state index in [9.17, 15) is 13.2 Å². The summed E-state index contributed by atoms with van der Waals surface area (Å²) >= 11 is 0. The largest absolute Gasteiger partial charge is 0.305 e. The van der Waals surface area contributed by atoms with Crippen molar-refractivity contribution in [3.05, 3.63) is 89.7 Å². The second-order valence-electron chi connectivity index (χ2n) is 7.03. The molecule has 6 nitrogen and oxygen atoms in total. The summed E-state index contributed by atoms with van der Waals surface area (Å²) in [5, 5.41) is 0. The fraction of sp³-hybridized carbons (Fsp3) is 0.182. The van der Waals surface area contributed by atoms with E-state index in [-0.39, 0.29) is 23.4 Å². The number of anilines is 1. The molecule has 0 fully saturated rings. The Balaban J connectivity index is 1.58. The van der Waals surface area contributed by atoms with E-state index in [0.29, 0.717) is 17.7 Å². The molecule has 1 atom stereocenters. The van der Waals surface area contributed by atoms with Crippen LogP contribution in [0.1, 0.15) is 28.5 Å². The van der Waals surface area contributed by atoms with E-state index in [1.54, 1.807) is 53.6 Å². The SMILES string of the molecule is C[C@@H]1Cc2cc(S(=O)(=O)NCc3ccccn3)ccc2N1C(=O)c1ccccc1. The van der Waals surface area contributed by atoms with Crippen LogP contribution < -0.4 is 9.62 Å². The van der Waals surface area contributed by atoms with Gasteiger partial charge in [-0.2, -0.15) is 0 Å². The van der Waals surface area contributed by atoms with Crippen molar-refractivity contribution in [2.24, 2.45) is 0 Å². The van der Waals surface area contributed by atoms with Crippen LogP contribution in [0.25, 0.3) is 0 Å². The number of benzene rings is 2. The zero-order chi connectivity index (χ0) is 20.4. The molecule has 1 aromatic heterocycles. The van der Waals surface area contributed by atoms with E-state index >= 15 is 0 Å². The molecule has 29 heavy (non-hydrogen) atoms. The number of rotatable bonds is 5. The summed E-state index contributed by atoms with van der Waals surface area (Å²) < 4.78 is 28.0. The topological polar surface area (TPSA) is 79.4 Å². The second-order valence-corrected chi connectivity index (χ2v) is 8.80. The summed E-state index contributed by atoms with van der Waals surface area (Å²) in [7, 11) is -3.68. The lowest BCUT2D eigenvalue weighted by Gasteiger charge is -2.23. The Labute approximate surface area is 170 Å². The second kappa shape index (κ2) is 7.77. The lowest BCUT2D eigenvalue weighted by Crippen LogP contribution is -2.35. The average molecular weight is 407 g/mol. The van der Waals surface area contributed by atoms with Crippen LogP contribution in [0.4, 0.5) is 5.69 Å². The van der Waals surface area contributed by atoms with E-state index in [1.807, 2.05) is 31.2 Å². The fourth-order valence-corrected chi connectivity index (χ4v) is 4.61. The van der Waals surface area contributed by atoms with Gasteiger partial charge >= 0.3 is 0 Å². The molecule has 7 heteroatoms. The van der Waals surface area contributed by atoms with Crippen molar-refractivity contribution in [3.8, 4) is 0 Å². The Kier molecular flexibility index (Phi) is 5.17. The Morgan fingerprint density at radius 3 is 2.59 bits per heavy atom. The molecule has 0 spiro atoms. The number of nitrogens with one attached hydrogen (secondary N) is 1. The van der Waals surface area contributed by atoms with Crippen molar-refractivity contribution in [3.63, 3.8) is 0 Å². The third-order valence-electron chi connectivity index (χ3n) is 4.99. The van der Waals surface area contributed by atoms with Crippen LogP contribution in [0.2, 0.25) is 0 Å². The van der Waals surface area contributed by atoms with Crippen molar-refractivity contribution in [1.29, 1.82) is 0 Å². The van der Waals surface area contributed by atoms with Gasteiger partial charge in [0, 0.05) is 23.5 Å². The molecular weight excluding hydrogens is 386 g/mol. The number of hydrogen-bond acceptors (Lipinski definition) is 4. The number of amides is 1. The first-order valence-electron chi connectivity index (χ1n) is 9.37. The maximum atomic E-state index is 12.9. The lowest BCUT2D eigenvalue weighted by atomic mass is 10.1. The fourth-order valence-electron chi connectivity index (χ4n) is 3.56. The molecule has 2 aromatic carbocycles. The zero-order valence-electron chi connectivity index (χ0n) is 15.9.